The molecule has 0 fully saturated rings. The van der Waals surface area contributed by atoms with Crippen LogP contribution >= 0.6 is 0 Å². The van der Waals surface area contributed by atoms with E-state index in [0.717, 1.165) is 16.3 Å². The molecular formula is C28H25N3O5. The molecule has 0 bridgehead atoms. The number of aromatic nitrogens is 2. The highest BCUT2D eigenvalue weighted by Gasteiger charge is 2.30. The fourth-order valence-corrected chi connectivity index (χ4v) is 4.67. The van der Waals surface area contributed by atoms with E-state index in [1.807, 2.05) is 48.5 Å². The summed E-state index contributed by atoms with van der Waals surface area (Å²) < 4.78 is 16.4. The van der Waals surface area contributed by atoms with Crippen molar-refractivity contribution in [3.05, 3.63) is 83.2 Å². The van der Waals surface area contributed by atoms with E-state index < -0.39 is 0 Å². The molecule has 1 amide bonds. The number of nitrogens with one attached hydrogen (secondary N) is 1. The Morgan fingerprint density at radius 2 is 1.67 bits per heavy atom. The molecule has 0 saturated heterocycles. The molecule has 36 heavy (non-hydrogen) atoms. The van der Waals surface area contributed by atoms with Crippen LogP contribution in [0.25, 0.3) is 10.8 Å². The number of carbonyl (C=O) groups is 2. The van der Waals surface area contributed by atoms with E-state index in [4.69, 9.17) is 14.2 Å². The summed E-state index contributed by atoms with van der Waals surface area (Å²) in [4.78, 5) is 34.8. The lowest BCUT2D eigenvalue weighted by molar-refractivity contribution is 0.0962. The minimum atomic E-state index is -0.310. The molecule has 1 heterocycles. The quantitative estimate of drug-likeness (QED) is 0.420. The summed E-state index contributed by atoms with van der Waals surface area (Å²) in [6.07, 6.45) is 2.30. The summed E-state index contributed by atoms with van der Waals surface area (Å²) in [7, 11) is 4.66. The molecule has 8 nitrogen and oxygen atoms in total. The normalized spacial score (nSPS) is 14.8. The zero-order chi connectivity index (χ0) is 25.2. The SMILES string of the molecule is COc1cc([C@@H]2CC(=O)c3cnc(NC(=O)c4cccc5ccccc45)nc3C2)cc(OC)c1OC. The average molecular weight is 484 g/mol. The molecule has 182 valence electrons. The molecule has 1 aromatic heterocycles. The van der Waals surface area contributed by atoms with E-state index in [0.29, 0.717) is 46.9 Å². The third kappa shape index (κ3) is 4.22. The van der Waals surface area contributed by atoms with Crippen LogP contribution in [-0.2, 0) is 6.42 Å². The maximum Gasteiger partial charge on any atom is 0.258 e. The zero-order valence-electron chi connectivity index (χ0n) is 20.2. The van der Waals surface area contributed by atoms with E-state index in [9.17, 15) is 9.59 Å². The zero-order valence-corrected chi connectivity index (χ0v) is 20.2. The van der Waals surface area contributed by atoms with E-state index in [1.165, 1.54) is 6.20 Å². The van der Waals surface area contributed by atoms with Gasteiger partial charge in [-0.15, -0.1) is 0 Å². The molecule has 0 radical (unpaired) electrons. The summed E-state index contributed by atoms with van der Waals surface area (Å²) in [6.45, 7) is 0. The lowest BCUT2D eigenvalue weighted by Crippen LogP contribution is -2.22. The van der Waals surface area contributed by atoms with E-state index in [1.54, 1.807) is 27.4 Å². The summed E-state index contributed by atoms with van der Waals surface area (Å²) in [5, 5.41) is 4.60. The Labute approximate surface area is 208 Å². The predicted molar refractivity (Wildman–Crippen MR) is 135 cm³/mol. The summed E-state index contributed by atoms with van der Waals surface area (Å²) in [6, 6.07) is 16.9. The molecule has 0 unspecified atom stereocenters. The van der Waals surface area contributed by atoms with Crippen LogP contribution in [0, 0.1) is 0 Å². The Morgan fingerprint density at radius 1 is 0.944 bits per heavy atom. The van der Waals surface area contributed by atoms with Crippen LogP contribution in [0.4, 0.5) is 5.95 Å². The first-order valence-electron chi connectivity index (χ1n) is 11.5. The topological polar surface area (TPSA) is 99.6 Å². The van der Waals surface area contributed by atoms with Gasteiger partial charge in [-0.1, -0.05) is 36.4 Å². The Kier molecular flexibility index (Phi) is 6.25. The Balaban J connectivity index is 1.44. The number of ether oxygens (including phenoxy) is 3. The van der Waals surface area contributed by atoms with Gasteiger partial charge in [0, 0.05) is 18.2 Å². The van der Waals surface area contributed by atoms with Crippen molar-refractivity contribution in [3.63, 3.8) is 0 Å². The number of Topliss-reactive ketones (excluding diaryl/α,β-unsaturated/α-hetero) is 1. The minimum absolute atomic E-state index is 0.0538. The maximum absolute atomic E-state index is 13.1. The molecule has 0 saturated carbocycles. The lowest BCUT2D eigenvalue weighted by atomic mass is 9.82. The van der Waals surface area contributed by atoms with Crippen LogP contribution in [0.15, 0.2) is 60.8 Å². The maximum atomic E-state index is 13.1. The van der Waals surface area contributed by atoms with Gasteiger partial charge in [-0.25, -0.2) is 9.97 Å². The standard InChI is InChI=1S/C28H25N3O5/c1-34-24-13-18(14-25(35-2)26(24)36-3)17-11-22-21(23(32)12-17)15-29-28(30-22)31-27(33)20-10-6-8-16-7-4-5-9-19(16)20/h4-10,13-15,17H,11-12H2,1-3H3,(H,29,30,31,33)/t17-/m0/s1. The fraction of sp³-hybridized carbons (Fsp3) is 0.214. The second-order valence-electron chi connectivity index (χ2n) is 8.52. The van der Waals surface area contributed by atoms with Crippen LogP contribution in [0.5, 0.6) is 17.2 Å². The van der Waals surface area contributed by atoms with Crippen molar-refractivity contribution in [1.29, 1.82) is 0 Å². The molecule has 1 aliphatic rings. The minimum Gasteiger partial charge on any atom is -0.493 e. The van der Waals surface area contributed by atoms with Crippen molar-refractivity contribution in [2.75, 3.05) is 26.6 Å². The first-order valence-corrected chi connectivity index (χ1v) is 11.5. The first kappa shape index (κ1) is 23.3. The number of hydrogen-bond acceptors (Lipinski definition) is 7. The largest absolute Gasteiger partial charge is 0.493 e. The van der Waals surface area contributed by atoms with E-state index in [-0.39, 0.29) is 23.6 Å². The second-order valence-corrected chi connectivity index (χ2v) is 8.52. The predicted octanol–water partition coefficient (Wildman–Crippen LogP) is 4.82. The fourth-order valence-electron chi connectivity index (χ4n) is 4.67. The average Bonchev–Trinajstić information content (AvgIpc) is 2.91. The van der Waals surface area contributed by atoms with Gasteiger partial charge < -0.3 is 14.2 Å². The molecule has 3 aromatic carbocycles. The number of nitrogens with zero attached hydrogens (tertiary/aromatic N) is 2. The molecule has 0 aliphatic heterocycles. The second kappa shape index (κ2) is 9.65. The highest BCUT2D eigenvalue weighted by molar-refractivity contribution is 6.12. The number of methoxy groups -OCH3 is 3. The molecule has 4 aromatic rings. The first-order chi connectivity index (χ1) is 17.5. The van der Waals surface area contributed by atoms with Gasteiger partial charge in [0.2, 0.25) is 11.7 Å². The van der Waals surface area contributed by atoms with Gasteiger partial charge in [0.1, 0.15) is 0 Å². The number of benzene rings is 3. The molecular weight excluding hydrogens is 458 g/mol. The van der Waals surface area contributed by atoms with Gasteiger partial charge in [0.25, 0.3) is 5.91 Å². The highest BCUT2D eigenvalue weighted by Crippen LogP contribution is 2.42. The van der Waals surface area contributed by atoms with Crippen molar-refractivity contribution >= 4 is 28.4 Å². The molecule has 1 N–H and O–H groups in total. The molecule has 1 atom stereocenters. The van der Waals surface area contributed by atoms with Gasteiger partial charge >= 0.3 is 0 Å². The van der Waals surface area contributed by atoms with Crippen molar-refractivity contribution < 1.29 is 23.8 Å². The van der Waals surface area contributed by atoms with Crippen LogP contribution in [0.1, 0.15) is 44.3 Å². The van der Waals surface area contributed by atoms with E-state index >= 15 is 0 Å². The van der Waals surface area contributed by atoms with Crippen LogP contribution in [0.2, 0.25) is 0 Å². The number of carbonyl (C=O) groups excluding carboxylic acids is 2. The van der Waals surface area contributed by atoms with Crippen LogP contribution in [-0.4, -0.2) is 43.0 Å². The van der Waals surface area contributed by atoms with Crippen molar-refractivity contribution in [2.45, 2.75) is 18.8 Å². The summed E-state index contributed by atoms with van der Waals surface area (Å²) >= 11 is 0. The number of ketones is 1. The Bertz CT molecular complexity index is 1450. The van der Waals surface area contributed by atoms with Gasteiger partial charge in [-0.3, -0.25) is 14.9 Å². The molecule has 8 heteroatoms. The Morgan fingerprint density at radius 3 is 2.39 bits per heavy atom. The lowest BCUT2D eigenvalue weighted by Gasteiger charge is -2.24. The van der Waals surface area contributed by atoms with Crippen LogP contribution in [0.3, 0.4) is 0 Å². The number of amides is 1. The molecule has 1 aliphatic carbocycles. The van der Waals surface area contributed by atoms with Gasteiger partial charge in [0.05, 0.1) is 32.6 Å². The monoisotopic (exact) mass is 483 g/mol. The van der Waals surface area contributed by atoms with Crippen molar-refractivity contribution in [1.82, 2.24) is 9.97 Å². The number of anilines is 1. The third-order valence-corrected chi connectivity index (χ3v) is 6.46. The number of hydrogen-bond donors (Lipinski definition) is 1. The van der Waals surface area contributed by atoms with Crippen LogP contribution < -0.4 is 19.5 Å². The van der Waals surface area contributed by atoms with Gasteiger partial charge in [-0.2, -0.15) is 0 Å². The highest BCUT2D eigenvalue weighted by atomic mass is 16.5. The van der Waals surface area contributed by atoms with Crippen molar-refractivity contribution in [3.8, 4) is 17.2 Å². The number of fused-ring (bicyclic) bond motifs is 2. The number of rotatable bonds is 6. The third-order valence-electron chi connectivity index (χ3n) is 6.46. The smallest absolute Gasteiger partial charge is 0.258 e. The molecule has 5 rings (SSSR count). The van der Waals surface area contributed by atoms with Gasteiger partial charge in [0.15, 0.2) is 17.3 Å². The van der Waals surface area contributed by atoms with Gasteiger partial charge in [-0.05, 0) is 46.9 Å². The van der Waals surface area contributed by atoms with E-state index in [2.05, 4.69) is 15.3 Å². The molecule has 0 spiro atoms. The summed E-state index contributed by atoms with van der Waals surface area (Å²) in [5.41, 5.74) is 2.47. The van der Waals surface area contributed by atoms with Crippen molar-refractivity contribution in [2.24, 2.45) is 0 Å². The Hall–Kier alpha value is -4.46. The summed E-state index contributed by atoms with van der Waals surface area (Å²) in [5.74, 6) is 1.19.